The number of nitrogens with one attached hydrogen (secondary N) is 1. The van der Waals surface area contributed by atoms with Crippen molar-refractivity contribution in [3.63, 3.8) is 0 Å². The van der Waals surface area contributed by atoms with E-state index in [1.54, 1.807) is 7.11 Å². The average molecular weight is 375 g/mol. The largest absolute Gasteiger partial charge is 0.495 e. The van der Waals surface area contributed by atoms with Crippen molar-refractivity contribution in [3.8, 4) is 11.5 Å². The quantitative estimate of drug-likeness (QED) is 0.639. The van der Waals surface area contributed by atoms with E-state index < -0.39 is 0 Å². The molecule has 1 N–H and O–H groups in total. The number of hydrogen-bond acceptors (Lipinski definition) is 3. The van der Waals surface area contributed by atoms with E-state index in [-0.39, 0.29) is 0 Å². The Morgan fingerprint density at radius 2 is 1.70 bits per heavy atom. The fourth-order valence-electron chi connectivity index (χ4n) is 2.04. The van der Waals surface area contributed by atoms with Gasteiger partial charge >= 0.3 is 0 Å². The Morgan fingerprint density at radius 1 is 1.00 bits per heavy atom. The summed E-state index contributed by atoms with van der Waals surface area (Å²) < 4.78 is 10.7. The van der Waals surface area contributed by atoms with Crippen LogP contribution in [0.25, 0.3) is 0 Å². The number of hydrogen-bond donors (Lipinski definition) is 1. The molecule has 0 radical (unpaired) electrons. The monoisotopic (exact) mass is 373 g/mol. The van der Waals surface area contributed by atoms with Crippen LogP contribution in [-0.4, -0.2) is 13.7 Å². The van der Waals surface area contributed by atoms with Gasteiger partial charge in [0.2, 0.25) is 0 Å². The second-order valence-corrected chi connectivity index (χ2v) is 6.16. The highest BCUT2D eigenvalue weighted by atomic mass is 35.5. The molecule has 124 valence electrons. The Morgan fingerprint density at radius 3 is 2.26 bits per heavy atom. The number of methoxy groups -OCH3 is 1. The zero-order valence-corrected chi connectivity index (χ0v) is 15.2. The summed E-state index contributed by atoms with van der Waals surface area (Å²) in [7, 11) is 1.58. The lowest BCUT2D eigenvalue weighted by Crippen LogP contribution is -2.01. The normalized spacial score (nSPS) is 10.5. The topological polar surface area (TPSA) is 30.5 Å². The number of halogens is 3. The highest BCUT2D eigenvalue weighted by molar-refractivity contribution is 6.37. The smallest absolute Gasteiger partial charge is 0.156 e. The van der Waals surface area contributed by atoms with Gasteiger partial charge in [-0.15, -0.1) is 0 Å². The maximum Gasteiger partial charge on any atom is 0.156 e. The van der Waals surface area contributed by atoms with Crippen molar-refractivity contribution >= 4 is 40.5 Å². The van der Waals surface area contributed by atoms with Crippen molar-refractivity contribution < 1.29 is 9.47 Å². The van der Waals surface area contributed by atoms with Gasteiger partial charge in [0.05, 0.1) is 28.8 Å². The zero-order chi connectivity index (χ0) is 16.8. The first kappa shape index (κ1) is 18.1. The molecule has 0 aromatic heterocycles. The third-order valence-corrected chi connectivity index (χ3v) is 4.01. The third kappa shape index (κ3) is 4.84. The molecular formula is C17H18Cl3NO2. The Labute approximate surface area is 151 Å². The number of ether oxygens (including phenoxy) is 2. The van der Waals surface area contributed by atoms with Crippen LogP contribution >= 0.6 is 34.8 Å². The fraction of sp³-hybridized carbons (Fsp3) is 0.294. The lowest BCUT2D eigenvalue weighted by atomic mass is 10.2. The summed E-state index contributed by atoms with van der Waals surface area (Å²) in [5.41, 5.74) is 1.84. The van der Waals surface area contributed by atoms with E-state index in [2.05, 4.69) is 5.32 Å². The molecule has 0 fully saturated rings. The van der Waals surface area contributed by atoms with Gasteiger partial charge in [-0.3, -0.25) is 0 Å². The van der Waals surface area contributed by atoms with Crippen molar-refractivity contribution in [3.05, 3.63) is 51.0 Å². The predicted molar refractivity (Wildman–Crippen MR) is 97.6 cm³/mol. The van der Waals surface area contributed by atoms with E-state index in [0.29, 0.717) is 39.7 Å². The molecule has 0 heterocycles. The third-order valence-electron chi connectivity index (χ3n) is 3.16. The molecule has 23 heavy (non-hydrogen) atoms. The number of anilines is 1. The minimum absolute atomic E-state index is 0.510. The number of benzene rings is 2. The van der Waals surface area contributed by atoms with Gasteiger partial charge in [0.15, 0.2) is 5.75 Å². The van der Waals surface area contributed by atoms with Crippen LogP contribution in [0.3, 0.4) is 0 Å². The molecule has 6 heteroatoms. The van der Waals surface area contributed by atoms with Crippen LogP contribution in [0.1, 0.15) is 18.9 Å². The molecule has 0 unspecified atom stereocenters. The van der Waals surface area contributed by atoms with Crippen LogP contribution < -0.4 is 14.8 Å². The molecular weight excluding hydrogens is 357 g/mol. The Bertz CT molecular complexity index is 654. The average Bonchev–Trinajstić information content (AvgIpc) is 2.52. The molecule has 0 bridgehead atoms. The van der Waals surface area contributed by atoms with Gasteiger partial charge < -0.3 is 14.8 Å². The highest BCUT2D eigenvalue weighted by Gasteiger charge is 2.10. The second-order valence-electron chi connectivity index (χ2n) is 4.94. The van der Waals surface area contributed by atoms with Crippen molar-refractivity contribution in [2.45, 2.75) is 19.9 Å². The first-order valence-electron chi connectivity index (χ1n) is 7.23. The summed E-state index contributed by atoms with van der Waals surface area (Å²) in [6, 6.07) is 9.20. The summed E-state index contributed by atoms with van der Waals surface area (Å²) in [4.78, 5) is 0. The van der Waals surface area contributed by atoms with E-state index in [1.807, 2.05) is 37.3 Å². The number of rotatable bonds is 7. The van der Waals surface area contributed by atoms with Crippen molar-refractivity contribution in [2.24, 2.45) is 0 Å². The Kier molecular flexibility index (Phi) is 6.70. The minimum Gasteiger partial charge on any atom is -0.495 e. The molecule has 0 saturated heterocycles. The fourth-order valence-corrected chi connectivity index (χ4v) is 2.94. The van der Waals surface area contributed by atoms with E-state index in [4.69, 9.17) is 44.3 Å². The zero-order valence-electron chi connectivity index (χ0n) is 13.0. The van der Waals surface area contributed by atoms with Gasteiger partial charge in [-0.05, 0) is 42.3 Å². The molecule has 0 amide bonds. The van der Waals surface area contributed by atoms with Crippen LogP contribution in [0, 0.1) is 0 Å². The SMILES string of the molecule is CCCOc1c(Cl)cc(CNc2ccc(OC)c(Cl)c2)cc1Cl. The highest BCUT2D eigenvalue weighted by Crippen LogP contribution is 2.35. The Hall–Kier alpha value is -1.29. The molecule has 0 aliphatic rings. The molecule has 3 nitrogen and oxygen atoms in total. The summed E-state index contributed by atoms with van der Waals surface area (Å²) in [5, 5.41) is 4.84. The molecule has 0 aliphatic heterocycles. The van der Waals surface area contributed by atoms with Crippen molar-refractivity contribution in [2.75, 3.05) is 19.0 Å². The first-order chi connectivity index (χ1) is 11.0. The van der Waals surface area contributed by atoms with Gasteiger partial charge in [0.1, 0.15) is 5.75 Å². The van der Waals surface area contributed by atoms with Crippen LogP contribution in [0.2, 0.25) is 15.1 Å². The summed E-state index contributed by atoms with van der Waals surface area (Å²) in [6.07, 6.45) is 0.897. The predicted octanol–water partition coefficient (Wildman–Crippen LogP) is 6.06. The minimum atomic E-state index is 0.510. The molecule has 0 saturated carbocycles. The lowest BCUT2D eigenvalue weighted by Gasteiger charge is -2.13. The van der Waals surface area contributed by atoms with E-state index in [9.17, 15) is 0 Å². The maximum atomic E-state index is 6.24. The molecule has 0 atom stereocenters. The van der Waals surface area contributed by atoms with Gasteiger partial charge in [0, 0.05) is 12.2 Å². The van der Waals surface area contributed by atoms with Crippen LogP contribution in [0.5, 0.6) is 11.5 Å². The van der Waals surface area contributed by atoms with Gasteiger partial charge in [-0.2, -0.15) is 0 Å². The molecule has 0 aliphatic carbocycles. The summed E-state index contributed by atoms with van der Waals surface area (Å²) in [6.45, 7) is 3.18. The van der Waals surface area contributed by atoms with E-state index in [1.165, 1.54) is 0 Å². The lowest BCUT2D eigenvalue weighted by molar-refractivity contribution is 0.318. The van der Waals surface area contributed by atoms with Crippen molar-refractivity contribution in [1.82, 2.24) is 0 Å². The molecule has 2 aromatic rings. The van der Waals surface area contributed by atoms with E-state index >= 15 is 0 Å². The molecule has 2 aromatic carbocycles. The van der Waals surface area contributed by atoms with Crippen molar-refractivity contribution in [1.29, 1.82) is 0 Å². The summed E-state index contributed by atoms with van der Waals surface area (Å²) >= 11 is 18.6. The molecule has 2 rings (SSSR count). The Balaban J connectivity index is 2.07. The van der Waals surface area contributed by atoms with Gasteiger partial charge in [0.25, 0.3) is 0 Å². The standard InChI is InChI=1S/C17H18Cl3NO2/c1-3-6-23-17-14(19)7-11(8-15(17)20)10-21-12-4-5-16(22-2)13(18)9-12/h4-5,7-9,21H,3,6,10H2,1-2H3. The van der Waals surface area contributed by atoms with E-state index in [0.717, 1.165) is 17.7 Å². The first-order valence-corrected chi connectivity index (χ1v) is 8.36. The maximum absolute atomic E-state index is 6.24. The van der Waals surface area contributed by atoms with Gasteiger partial charge in [-0.1, -0.05) is 41.7 Å². The second kappa shape index (κ2) is 8.53. The van der Waals surface area contributed by atoms with Crippen LogP contribution in [0.15, 0.2) is 30.3 Å². The summed E-state index contributed by atoms with van der Waals surface area (Å²) in [5.74, 6) is 1.17. The van der Waals surface area contributed by atoms with Crippen LogP contribution in [-0.2, 0) is 6.54 Å². The van der Waals surface area contributed by atoms with Crippen LogP contribution in [0.4, 0.5) is 5.69 Å². The molecule has 0 spiro atoms. The van der Waals surface area contributed by atoms with Gasteiger partial charge in [-0.25, -0.2) is 0 Å².